The summed E-state index contributed by atoms with van der Waals surface area (Å²) in [5.41, 5.74) is -0.570. The van der Waals surface area contributed by atoms with Crippen molar-refractivity contribution >= 4 is 21.6 Å². The molecule has 1 heterocycles. The number of carbonyl (C=O) groups is 1. The van der Waals surface area contributed by atoms with Crippen LogP contribution in [0.5, 0.6) is 0 Å². The third-order valence-electron chi connectivity index (χ3n) is 4.76. The molecule has 156 valence electrons. The lowest BCUT2D eigenvalue weighted by atomic mass is 9.97. The largest absolute Gasteiger partial charge is 0.416 e. The standard InChI is InChI=1S/C19H18F4N2O3S/c20-15-3-7-17(8-4-15)29(27,28)25-11-9-13(10-12-25)18(26)24-16-5-1-14(2-6-16)19(21,22)23/h1-8,13H,9-12H2,(H,24,26). The topological polar surface area (TPSA) is 66.5 Å². The number of sulfonamides is 1. The van der Waals surface area contributed by atoms with Gasteiger partial charge in [0.15, 0.2) is 0 Å². The van der Waals surface area contributed by atoms with Gasteiger partial charge in [0.2, 0.25) is 15.9 Å². The molecule has 0 unspecified atom stereocenters. The summed E-state index contributed by atoms with van der Waals surface area (Å²) in [4.78, 5) is 12.3. The van der Waals surface area contributed by atoms with E-state index in [2.05, 4.69) is 5.32 Å². The van der Waals surface area contributed by atoms with Gasteiger partial charge in [0, 0.05) is 24.7 Å². The van der Waals surface area contributed by atoms with Gasteiger partial charge in [0.25, 0.3) is 0 Å². The number of rotatable bonds is 4. The van der Waals surface area contributed by atoms with E-state index in [9.17, 15) is 30.8 Å². The zero-order valence-corrected chi connectivity index (χ0v) is 15.9. The predicted octanol–water partition coefficient (Wildman–Crippen LogP) is 3.88. The number of alkyl halides is 3. The fourth-order valence-electron chi connectivity index (χ4n) is 3.10. The van der Waals surface area contributed by atoms with Gasteiger partial charge in [-0.25, -0.2) is 12.8 Å². The highest BCUT2D eigenvalue weighted by atomic mass is 32.2. The molecule has 0 atom stereocenters. The van der Waals surface area contributed by atoms with Crippen molar-refractivity contribution in [3.05, 3.63) is 59.9 Å². The minimum atomic E-state index is -4.45. The van der Waals surface area contributed by atoms with Gasteiger partial charge >= 0.3 is 6.18 Å². The van der Waals surface area contributed by atoms with E-state index in [0.717, 1.165) is 24.3 Å². The summed E-state index contributed by atoms with van der Waals surface area (Å²) in [6.07, 6.45) is -3.91. The number of carbonyl (C=O) groups excluding carboxylic acids is 1. The first-order valence-corrected chi connectivity index (χ1v) is 10.3. The summed E-state index contributed by atoms with van der Waals surface area (Å²) < 4.78 is 77.2. The Kier molecular flexibility index (Phi) is 5.95. The number of benzene rings is 2. The van der Waals surface area contributed by atoms with Gasteiger partial charge in [-0.3, -0.25) is 4.79 Å². The molecule has 5 nitrogen and oxygen atoms in total. The van der Waals surface area contributed by atoms with Crippen LogP contribution in [0.3, 0.4) is 0 Å². The molecule has 1 fully saturated rings. The van der Waals surface area contributed by atoms with Gasteiger partial charge in [0.05, 0.1) is 10.5 Å². The first-order chi connectivity index (χ1) is 13.6. The smallest absolute Gasteiger partial charge is 0.326 e. The van der Waals surface area contributed by atoms with Gasteiger partial charge < -0.3 is 5.32 Å². The van der Waals surface area contributed by atoms with Crippen molar-refractivity contribution in [1.82, 2.24) is 4.31 Å². The Morgan fingerprint density at radius 3 is 2.03 bits per heavy atom. The van der Waals surface area contributed by atoms with E-state index in [0.29, 0.717) is 0 Å². The van der Waals surface area contributed by atoms with Crippen LogP contribution >= 0.6 is 0 Å². The minimum absolute atomic E-state index is 0.0217. The third-order valence-corrected chi connectivity index (χ3v) is 6.67. The Morgan fingerprint density at radius 2 is 1.52 bits per heavy atom. The van der Waals surface area contributed by atoms with E-state index in [-0.39, 0.29) is 42.4 Å². The maximum Gasteiger partial charge on any atom is 0.416 e. The Hall–Kier alpha value is -2.46. The van der Waals surface area contributed by atoms with Crippen molar-refractivity contribution in [2.45, 2.75) is 23.9 Å². The van der Waals surface area contributed by atoms with Crippen LogP contribution in [0.15, 0.2) is 53.4 Å². The molecule has 1 N–H and O–H groups in total. The number of anilines is 1. The lowest BCUT2D eigenvalue weighted by Crippen LogP contribution is -2.41. The summed E-state index contributed by atoms with van der Waals surface area (Å²) in [7, 11) is -3.78. The third kappa shape index (κ3) is 4.94. The molecule has 0 bridgehead atoms. The average Bonchev–Trinajstić information content (AvgIpc) is 2.68. The van der Waals surface area contributed by atoms with Gasteiger partial charge in [0.1, 0.15) is 5.82 Å². The molecule has 1 aliphatic rings. The maximum atomic E-state index is 13.0. The number of piperidine rings is 1. The van der Waals surface area contributed by atoms with E-state index in [1.54, 1.807) is 0 Å². The molecule has 1 saturated heterocycles. The molecular weight excluding hydrogens is 412 g/mol. The molecule has 1 aliphatic heterocycles. The van der Waals surface area contributed by atoms with Crippen LogP contribution in [0.1, 0.15) is 18.4 Å². The van der Waals surface area contributed by atoms with Crippen molar-refractivity contribution in [3.63, 3.8) is 0 Å². The number of nitrogens with one attached hydrogen (secondary N) is 1. The molecule has 0 saturated carbocycles. The normalized spacial score (nSPS) is 16.6. The van der Waals surface area contributed by atoms with Crippen LogP contribution in [0, 0.1) is 11.7 Å². The van der Waals surface area contributed by atoms with Gasteiger partial charge in [-0.05, 0) is 61.4 Å². The van der Waals surface area contributed by atoms with Crippen molar-refractivity contribution in [1.29, 1.82) is 0 Å². The molecule has 1 amide bonds. The van der Waals surface area contributed by atoms with Crippen molar-refractivity contribution in [3.8, 4) is 0 Å². The van der Waals surface area contributed by atoms with E-state index < -0.39 is 33.5 Å². The summed E-state index contributed by atoms with van der Waals surface area (Å²) in [6, 6.07) is 8.63. The second-order valence-electron chi connectivity index (χ2n) is 6.70. The molecule has 0 aliphatic carbocycles. The first kappa shape index (κ1) is 21.3. The number of nitrogens with zero attached hydrogens (tertiary/aromatic N) is 1. The average molecular weight is 430 g/mol. The molecule has 10 heteroatoms. The molecule has 29 heavy (non-hydrogen) atoms. The summed E-state index contributed by atoms with van der Waals surface area (Å²) in [6.45, 7) is 0.232. The molecule has 2 aromatic rings. The van der Waals surface area contributed by atoms with Gasteiger partial charge in [-0.1, -0.05) is 0 Å². The summed E-state index contributed by atoms with van der Waals surface area (Å²) in [5, 5.41) is 2.57. The Bertz CT molecular complexity index is 966. The van der Waals surface area contributed by atoms with Crippen LogP contribution in [0.4, 0.5) is 23.2 Å². The second-order valence-corrected chi connectivity index (χ2v) is 8.63. The summed E-state index contributed by atoms with van der Waals surface area (Å²) in [5.74, 6) is -1.37. The van der Waals surface area contributed by atoms with Crippen molar-refractivity contribution in [2.75, 3.05) is 18.4 Å². The van der Waals surface area contributed by atoms with Crippen molar-refractivity contribution in [2.24, 2.45) is 5.92 Å². The lowest BCUT2D eigenvalue weighted by Gasteiger charge is -2.30. The van der Waals surface area contributed by atoms with Crippen LogP contribution in [-0.4, -0.2) is 31.7 Å². The van der Waals surface area contributed by atoms with Gasteiger partial charge in [-0.2, -0.15) is 17.5 Å². The highest BCUT2D eigenvalue weighted by molar-refractivity contribution is 7.89. The lowest BCUT2D eigenvalue weighted by molar-refractivity contribution is -0.137. The first-order valence-electron chi connectivity index (χ1n) is 8.81. The van der Waals surface area contributed by atoms with Crippen LogP contribution in [0.25, 0.3) is 0 Å². The molecule has 2 aromatic carbocycles. The SMILES string of the molecule is O=C(Nc1ccc(C(F)(F)F)cc1)C1CCN(S(=O)(=O)c2ccc(F)cc2)CC1. The number of hydrogen-bond donors (Lipinski definition) is 1. The second kappa shape index (κ2) is 8.11. The number of halogens is 4. The Balaban J connectivity index is 1.59. The zero-order chi connectivity index (χ0) is 21.2. The monoisotopic (exact) mass is 430 g/mol. The van der Waals surface area contributed by atoms with E-state index in [1.807, 2.05) is 0 Å². The fraction of sp³-hybridized carbons (Fsp3) is 0.316. The Labute approximate surface area is 165 Å². The van der Waals surface area contributed by atoms with E-state index in [4.69, 9.17) is 0 Å². The van der Waals surface area contributed by atoms with Crippen LogP contribution in [0.2, 0.25) is 0 Å². The molecule has 0 spiro atoms. The maximum absolute atomic E-state index is 13.0. The number of amides is 1. The summed E-state index contributed by atoms with van der Waals surface area (Å²) >= 11 is 0. The molecular formula is C19H18F4N2O3S. The van der Waals surface area contributed by atoms with Crippen molar-refractivity contribution < 1.29 is 30.8 Å². The predicted molar refractivity (Wildman–Crippen MR) is 98.0 cm³/mol. The van der Waals surface area contributed by atoms with E-state index in [1.165, 1.54) is 28.6 Å². The number of hydrogen-bond acceptors (Lipinski definition) is 3. The highest BCUT2D eigenvalue weighted by Gasteiger charge is 2.33. The Morgan fingerprint density at radius 1 is 0.966 bits per heavy atom. The quantitative estimate of drug-likeness (QED) is 0.749. The van der Waals surface area contributed by atoms with Crippen LogP contribution < -0.4 is 5.32 Å². The fourth-order valence-corrected chi connectivity index (χ4v) is 4.57. The molecule has 0 radical (unpaired) electrons. The minimum Gasteiger partial charge on any atom is -0.326 e. The van der Waals surface area contributed by atoms with Gasteiger partial charge in [-0.15, -0.1) is 0 Å². The molecule has 3 rings (SSSR count). The van der Waals surface area contributed by atoms with E-state index >= 15 is 0 Å². The van der Waals surface area contributed by atoms with Crippen LogP contribution in [-0.2, 0) is 21.0 Å². The highest BCUT2D eigenvalue weighted by Crippen LogP contribution is 2.30. The zero-order valence-electron chi connectivity index (χ0n) is 15.1. The molecule has 0 aromatic heterocycles.